The Morgan fingerprint density at radius 2 is 1.90 bits per heavy atom. The number of fused-ring (bicyclic) bond motifs is 2. The van der Waals surface area contributed by atoms with Gasteiger partial charge in [0, 0.05) is 18.4 Å². The molecule has 4 rings (SSSR count). The van der Waals surface area contributed by atoms with Crippen LogP contribution in [0, 0.1) is 40.4 Å². The zero-order valence-electron chi connectivity index (χ0n) is 20.7. The van der Waals surface area contributed by atoms with Crippen molar-refractivity contribution in [1.29, 1.82) is 0 Å². The lowest BCUT2D eigenvalue weighted by Crippen LogP contribution is -2.36. The van der Waals surface area contributed by atoms with Crippen LogP contribution in [0.1, 0.15) is 86.0 Å². The number of hydrogen-bond donors (Lipinski definition) is 2. The lowest BCUT2D eigenvalue weighted by atomic mass is 9.61. The summed E-state index contributed by atoms with van der Waals surface area (Å²) in [6.07, 6.45) is 16.7. The van der Waals surface area contributed by atoms with Gasteiger partial charge in [-0.15, -0.1) is 0 Å². The van der Waals surface area contributed by atoms with Gasteiger partial charge < -0.3 is 14.9 Å². The molecule has 4 aliphatic rings. The smallest absolute Gasteiger partial charge is 0.0814 e. The van der Waals surface area contributed by atoms with Crippen LogP contribution in [0.5, 0.6) is 0 Å². The van der Waals surface area contributed by atoms with E-state index in [0.717, 1.165) is 12.8 Å². The minimum atomic E-state index is -0.665. The second kappa shape index (κ2) is 8.29. The van der Waals surface area contributed by atoms with Crippen molar-refractivity contribution in [2.24, 2.45) is 40.4 Å². The summed E-state index contributed by atoms with van der Waals surface area (Å²) < 4.78 is 6.06. The van der Waals surface area contributed by atoms with Crippen molar-refractivity contribution in [3.8, 4) is 0 Å². The van der Waals surface area contributed by atoms with Gasteiger partial charge in [-0.1, -0.05) is 44.6 Å². The van der Waals surface area contributed by atoms with Crippen LogP contribution in [-0.2, 0) is 4.74 Å². The number of aliphatic hydroxyl groups is 2. The van der Waals surface area contributed by atoms with Gasteiger partial charge in [0.1, 0.15) is 0 Å². The number of ether oxygens (including phenoxy) is 1. The topological polar surface area (TPSA) is 49.7 Å². The Bertz CT molecular complexity index is 718. The lowest BCUT2D eigenvalue weighted by molar-refractivity contribution is 0.0435. The molecule has 0 aliphatic heterocycles. The Morgan fingerprint density at radius 1 is 1.16 bits per heavy atom. The summed E-state index contributed by atoms with van der Waals surface area (Å²) in [5, 5.41) is 20.5. The maximum absolute atomic E-state index is 10.3. The summed E-state index contributed by atoms with van der Waals surface area (Å²) >= 11 is 0. The minimum absolute atomic E-state index is 0.124. The van der Waals surface area contributed by atoms with Crippen molar-refractivity contribution in [3.63, 3.8) is 0 Å². The lowest BCUT2D eigenvalue weighted by Gasteiger charge is -2.44. The molecule has 31 heavy (non-hydrogen) atoms. The van der Waals surface area contributed by atoms with Gasteiger partial charge in [0.05, 0.1) is 17.8 Å². The Balaban J connectivity index is 1.50. The molecule has 2 N–H and O–H groups in total. The van der Waals surface area contributed by atoms with Gasteiger partial charge >= 0.3 is 0 Å². The second-order valence-corrected chi connectivity index (χ2v) is 12.4. The van der Waals surface area contributed by atoms with Gasteiger partial charge in [0.2, 0.25) is 0 Å². The molecular weight excluding hydrogens is 384 g/mol. The average Bonchev–Trinajstić information content (AvgIpc) is 3.07. The predicted octanol–water partition coefficient (Wildman–Crippen LogP) is 5.90. The molecule has 0 radical (unpaired) electrons. The van der Waals surface area contributed by atoms with Crippen molar-refractivity contribution in [2.45, 2.75) is 104 Å². The molecule has 0 bridgehead atoms. The predicted molar refractivity (Wildman–Crippen MR) is 127 cm³/mol. The molecule has 0 aromatic rings. The van der Waals surface area contributed by atoms with Crippen LogP contribution in [0.2, 0.25) is 0 Å². The summed E-state index contributed by atoms with van der Waals surface area (Å²) in [6, 6.07) is 0. The van der Waals surface area contributed by atoms with E-state index in [1.165, 1.54) is 38.5 Å². The molecular formula is C28H46O3. The van der Waals surface area contributed by atoms with Crippen LogP contribution in [0.4, 0.5) is 0 Å². The van der Waals surface area contributed by atoms with E-state index in [9.17, 15) is 10.2 Å². The van der Waals surface area contributed by atoms with Crippen LogP contribution in [0.15, 0.2) is 23.8 Å². The first-order valence-electron chi connectivity index (χ1n) is 12.8. The van der Waals surface area contributed by atoms with E-state index in [2.05, 4.69) is 39.0 Å². The highest BCUT2D eigenvalue weighted by molar-refractivity contribution is 5.25. The van der Waals surface area contributed by atoms with Crippen molar-refractivity contribution in [3.05, 3.63) is 23.8 Å². The molecule has 3 nitrogen and oxygen atoms in total. The SMILES string of the molecule is COC(/C=C1\CCC[C@]2(C)C([C@H](C)/C=C/[C@H](C)C(C)(C)O)CC[C@@H]12)C12CC1C[C@H](O)C2. The number of aliphatic hydroxyl groups excluding tert-OH is 1. The second-order valence-electron chi connectivity index (χ2n) is 12.4. The molecule has 4 fully saturated rings. The van der Waals surface area contributed by atoms with Crippen LogP contribution in [-0.4, -0.2) is 35.1 Å². The summed E-state index contributed by atoms with van der Waals surface area (Å²) in [5.41, 5.74) is 1.56. The first-order valence-corrected chi connectivity index (χ1v) is 12.8. The summed E-state index contributed by atoms with van der Waals surface area (Å²) in [7, 11) is 1.87. The fourth-order valence-corrected chi connectivity index (χ4v) is 7.80. The van der Waals surface area contributed by atoms with Crippen molar-refractivity contribution < 1.29 is 14.9 Å². The Kier molecular flexibility index (Phi) is 6.29. The molecule has 0 spiro atoms. The number of hydrogen-bond acceptors (Lipinski definition) is 3. The van der Waals surface area contributed by atoms with Crippen molar-refractivity contribution in [1.82, 2.24) is 0 Å². The van der Waals surface area contributed by atoms with Gasteiger partial charge in [-0.25, -0.2) is 0 Å². The van der Waals surface area contributed by atoms with Crippen molar-refractivity contribution >= 4 is 0 Å². The standard InChI is InChI=1S/C28H46O3/c1-18(9-10-19(2)26(3,4)30)23-11-12-24-20(8-7-13-27(23,24)5)14-25(31-6)28-16-21(28)15-22(29)17-28/h9-10,14,18-19,21-25,29-30H,7-8,11-13,15-17H2,1-6H3/b10-9+,20-14+/t18-,19+,21?,22+,23?,24+,25?,27-,28?/m1/s1. The molecule has 4 saturated carbocycles. The summed E-state index contributed by atoms with van der Waals surface area (Å²) in [6.45, 7) is 10.8. The Labute approximate surface area is 190 Å². The largest absolute Gasteiger partial charge is 0.393 e. The van der Waals surface area contributed by atoms with E-state index < -0.39 is 5.60 Å². The molecule has 176 valence electrons. The zero-order chi connectivity index (χ0) is 22.6. The van der Waals surface area contributed by atoms with Crippen LogP contribution >= 0.6 is 0 Å². The summed E-state index contributed by atoms with van der Waals surface area (Å²) in [4.78, 5) is 0. The zero-order valence-corrected chi connectivity index (χ0v) is 20.7. The maximum Gasteiger partial charge on any atom is 0.0814 e. The first-order chi connectivity index (χ1) is 14.5. The fourth-order valence-electron chi connectivity index (χ4n) is 7.80. The molecule has 0 heterocycles. The van der Waals surface area contributed by atoms with Crippen LogP contribution in [0.25, 0.3) is 0 Å². The average molecular weight is 431 g/mol. The maximum atomic E-state index is 10.3. The van der Waals surface area contributed by atoms with Gasteiger partial charge in [0.25, 0.3) is 0 Å². The van der Waals surface area contributed by atoms with E-state index in [-0.39, 0.29) is 23.5 Å². The molecule has 4 aliphatic carbocycles. The van der Waals surface area contributed by atoms with Gasteiger partial charge in [-0.05, 0) is 94.3 Å². The summed E-state index contributed by atoms with van der Waals surface area (Å²) in [5.74, 6) is 2.74. The molecule has 0 amide bonds. The molecule has 9 atom stereocenters. The number of allylic oxidation sites excluding steroid dienone is 2. The van der Waals surface area contributed by atoms with Gasteiger partial charge in [-0.2, -0.15) is 0 Å². The van der Waals surface area contributed by atoms with E-state index in [0.29, 0.717) is 29.1 Å². The van der Waals surface area contributed by atoms with E-state index in [4.69, 9.17) is 4.74 Å². The monoisotopic (exact) mass is 430 g/mol. The minimum Gasteiger partial charge on any atom is -0.393 e. The van der Waals surface area contributed by atoms with E-state index >= 15 is 0 Å². The van der Waals surface area contributed by atoms with Gasteiger partial charge in [0.15, 0.2) is 0 Å². The highest BCUT2D eigenvalue weighted by Crippen LogP contribution is 2.67. The normalized spacial score (nSPS) is 44.3. The fraction of sp³-hybridized carbons (Fsp3) is 0.857. The molecule has 3 heteroatoms. The molecule has 0 saturated heterocycles. The molecule has 4 unspecified atom stereocenters. The molecule has 0 aromatic carbocycles. The third-order valence-electron chi connectivity index (χ3n) is 10.1. The van der Waals surface area contributed by atoms with E-state index in [1.807, 2.05) is 21.0 Å². The van der Waals surface area contributed by atoms with E-state index in [1.54, 1.807) is 5.57 Å². The van der Waals surface area contributed by atoms with Crippen LogP contribution in [0.3, 0.4) is 0 Å². The Hall–Kier alpha value is -0.640. The first kappa shape index (κ1) is 23.5. The molecule has 0 aromatic heterocycles. The van der Waals surface area contributed by atoms with Crippen molar-refractivity contribution in [2.75, 3.05) is 7.11 Å². The number of rotatable bonds is 7. The third kappa shape index (κ3) is 4.20. The Morgan fingerprint density at radius 3 is 2.52 bits per heavy atom. The highest BCUT2D eigenvalue weighted by Gasteiger charge is 2.64. The number of methoxy groups -OCH3 is 1. The van der Waals surface area contributed by atoms with Gasteiger partial charge in [-0.3, -0.25) is 0 Å². The highest BCUT2D eigenvalue weighted by atomic mass is 16.5. The third-order valence-corrected chi connectivity index (χ3v) is 10.1. The van der Waals surface area contributed by atoms with Crippen LogP contribution < -0.4 is 0 Å². The quantitative estimate of drug-likeness (QED) is 0.494.